The summed E-state index contributed by atoms with van der Waals surface area (Å²) in [5.41, 5.74) is 0.687. The Balaban J connectivity index is 2.14. The van der Waals surface area contributed by atoms with Crippen molar-refractivity contribution in [3.8, 4) is 0 Å². The quantitative estimate of drug-likeness (QED) is 0.896. The maximum Gasteiger partial charge on any atom is 0.102 e. The molecule has 1 N–H and O–H groups in total. The summed E-state index contributed by atoms with van der Waals surface area (Å²) in [6.07, 6.45) is 1.71. The van der Waals surface area contributed by atoms with Gasteiger partial charge in [-0.05, 0) is 50.1 Å². The minimum absolute atomic E-state index is 0.568. The van der Waals surface area contributed by atoms with Crippen LogP contribution in [0.15, 0.2) is 38.7 Å². The Morgan fingerprint density at radius 1 is 1.44 bits per heavy atom. The van der Waals surface area contributed by atoms with Crippen LogP contribution in [-0.4, -0.2) is 10.1 Å². The molecule has 0 fully saturated rings. The minimum atomic E-state index is -0.568. The van der Waals surface area contributed by atoms with E-state index in [4.69, 9.17) is 0 Å². The molecule has 5 heteroatoms. The molecule has 0 saturated carbocycles. The first kappa shape index (κ1) is 12.2. The summed E-state index contributed by atoms with van der Waals surface area (Å²) < 4.78 is 1.90. The zero-order chi connectivity index (χ0) is 11.5. The van der Waals surface area contributed by atoms with Crippen LogP contribution in [0.4, 0.5) is 0 Å². The molecule has 84 valence electrons. The Morgan fingerprint density at radius 3 is 2.88 bits per heavy atom. The fourth-order valence-corrected chi connectivity index (χ4v) is 3.40. The smallest absolute Gasteiger partial charge is 0.102 e. The van der Waals surface area contributed by atoms with Gasteiger partial charge in [0.05, 0.1) is 5.69 Å². The van der Waals surface area contributed by atoms with Gasteiger partial charge in [-0.1, -0.05) is 0 Å². The number of hydrogen-bond donors (Lipinski definition) is 1. The third-order valence-electron chi connectivity index (χ3n) is 2.12. The highest BCUT2D eigenvalue weighted by atomic mass is 79.9. The van der Waals surface area contributed by atoms with E-state index in [1.807, 2.05) is 23.6 Å². The van der Waals surface area contributed by atoms with Gasteiger partial charge >= 0.3 is 0 Å². The SMILES string of the molecule is OC(Cc1cc(Br)cs1)c1ncccc1Br. The van der Waals surface area contributed by atoms with E-state index >= 15 is 0 Å². The van der Waals surface area contributed by atoms with Gasteiger partial charge in [-0.25, -0.2) is 0 Å². The van der Waals surface area contributed by atoms with E-state index < -0.39 is 6.10 Å². The highest BCUT2D eigenvalue weighted by Gasteiger charge is 2.14. The third-order valence-corrected chi connectivity index (χ3v) is 4.51. The number of thiophene rings is 1. The van der Waals surface area contributed by atoms with Crippen molar-refractivity contribution in [1.29, 1.82) is 0 Å². The molecule has 2 nitrogen and oxygen atoms in total. The molecule has 2 rings (SSSR count). The fourth-order valence-electron chi connectivity index (χ4n) is 1.39. The average molecular weight is 363 g/mol. The molecule has 1 unspecified atom stereocenters. The molecule has 1 atom stereocenters. The summed E-state index contributed by atoms with van der Waals surface area (Å²) in [7, 11) is 0. The lowest BCUT2D eigenvalue weighted by Crippen LogP contribution is -2.03. The standard InChI is InChI=1S/C11H9Br2NOS/c12-7-4-8(16-6-7)5-10(15)11-9(13)2-1-3-14-11/h1-4,6,10,15H,5H2. The van der Waals surface area contributed by atoms with Crippen molar-refractivity contribution in [2.45, 2.75) is 12.5 Å². The monoisotopic (exact) mass is 361 g/mol. The Labute approximate surface area is 115 Å². The number of aromatic nitrogens is 1. The summed E-state index contributed by atoms with van der Waals surface area (Å²) >= 11 is 8.41. The van der Waals surface area contributed by atoms with Crippen LogP contribution in [0.3, 0.4) is 0 Å². The Kier molecular flexibility index (Phi) is 4.13. The Bertz CT molecular complexity index is 486. The zero-order valence-corrected chi connectivity index (χ0v) is 12.2. The van der Waals surface area contributed by atoms with Crippen LogP contribution < -0.4 is 0 Å². The largest absolute Gasteiger partial charge is 0.386 e. The normalized spacial score (nSPS) is 12.7. The summed E-state index contributed by atoms with van der Waals surface area (Å²) in [6.45, 7) is 0. The molecule has 0 radical (unpaired) electrons. The zero-order valence-electron chi connectivity index (χ0n) is 8.23. The Morgan fingerprint density at radius 2 is 2.25 bits per heavy atom. The van der Waals surface area contributed by atoms with E-state index in [2.05, 4.69) is 36.8 Å². The van der Waals surface area contributed by atoms with Crippen molar-refractivity contribution in [3.63, 3.8) is 0 Å². The number of nitrogens with zero attached hydrogens (tertiary/aromatic N) is 1. The molecule has 0 saturated heterocycles. The van der Waals surface area contributed by atoms with Crippen molar-refractivity contribution in [1.82, 2.24) is 4.98 Å². The Hall–Kier alpha value is -0.230. The van der Waals surface area contributed by atoms with E-state index in [-0.39, 0.29) is 0 Å². The van der Waals surface area contributed by atoms with Gasteiger partial charge in [-0.15, -0.1) is 11.3 Å². The van der Waals surface area contributed by atoms with Crippen LogP contribution in [0.2, 0.25) is 0 Å². The predicted octanol–water partition coefficient (Wildman–Crippen LogP) is 3.94. The van der Waals surface area contributed by atoms with Crippen molar-refractivity contribution < 1.29 is 5.11 Å². The molecule has 0 aliphatic carbocycles. The van der Waals surface area contributed by atoms with Gasteiger partial charge in [-0.3, -0.25) is 4.98 Å². The van der Waals surface area contributed by atoms with Gasteiger partial charge in [-0.2, -0.15) is 0 Å². The van der Waals surface area contributed by atoms with Gasteiger partial charge in [0.2, 0.25) is 0 Å². The maximum absolute atomic E-state index is 10.1. The van der Waals surface area contributed by atoms with Gasteiger partial charge in [0.1, 0.15) is 6.10 Å². The first-order valence-electron chi connectivity index (χ1n) is 4.68. The molecule has 0 aliphatic heterocycles. The number of hydrogen-bond acceptors (Lipinski definition) is 3. The van der Waals surface area contributed by atoms with Gasteiger partial charge in [0.25, 0.3) is 0 Å². The second-order valence-corrected chi connectivity index (χ2v) is 6.09. The molecule has 0 aliphatic rings. The highest BCUT2D eigenvalue weighted by Crippen LogP contribution is 2.27. The molecular formula is C11H9Br2NOS. The summed E-state index contributed by atoms with van der Waals surface area (Å²) in [6, 6.07) is 5.74. The summed E-state index contributed by atoms with van der Waals surface area (Å²) in [5, 5.41) is 12.1. The summed E-state index contributed by atoms with van der Waals surface area (Å²) in [5.74, 6) is 0. The first-order valence-corrected chi connectivity index (χ1v) is 7.15. The third kappa shape index (κ3) is 2.91. The van der Waals surface area contributed by atoms with Gasteiger partial charge < -0.3 is 5.11 Å². The second-order valence-electron chi connectivity index (χ2n) is 3.32. The maximum atomic E-state index is 10.1. The second kappa shape index (κ2) is 5.40. The lowest BCUT2D eigenvalue weighted by molar-refractivity contribution is 0.173. The predicted molar refractivity (Wildman–Crippen MR) is 72.6 cm³/mol. The lowest BCUT2D eigenvalue weighted by atomic mass is 10.1. The first-order chi connectivity index (χ1) is 7.66. The number of pyridine rings is 1. The number of halogens is 2. The minimum Gasteiger partial charge on any atom is -0.386 e. The molecule has 16 heavy (non-hydrogen) atoms. The molecular weight excluding hydrogens is 354 g/mol. The molecule has 0 aromatic carbocycles. The molecule has 2 aromatic rings. The average Bonchev–Trinajstić information content (AvgIpc) is 2.64. The van der Waals surface area contributed by atoms with Crippen LogP contribution in [0.25, 0.3) is 0 Å². The van der Waals surface area contributed by atoms with E-state index in [1.165, 1.54) is 0 Å². The fraction of sp³-hybridized carbons (Fsp3) is 0.182. The highest BCUT2D eigenvalue weighted by molar-refractivity contribution is 9.10. The van der Waals surface area contributed by atoms with E-state index in [0.717, 1.165) is 13.8 Å². The van der Waals surface area contributed by atoms with Crippen LogP contribution in [0.5, 0.6) is 0 Å². The number of rotatable bonds is 3. The van der Waals surface area contributed by atoms with Crippen LogP contribution in [-0.2, 0) is 6.42 Å². The van der Waals surface area contributed by atoms with Crippen LogP contribution in [0, 0.1) is 0 Å². The van der Waals surface area contributed by atoms with Crippen molar-refractivity contribution in [2.75, 3.05) is 0 Å². The van der Waals surface area contributed by atoms with E-state index in [0.29, 0.717) is 12.1 Å². The van der Waals surface area contributed by atoms with Crippen molar-refractivity contribution in [2.24, 2.45) is 0 Å². The van der Waals surface area contributed by atoms with Crippen molar-refractivity contribution in [3.05, 3.63) is 49.3 Å². The van der Waals surface area contributed by atoms with E-state index in [1.54, 1.807) is 17.5 Å². The molecule has 0 bridgehead atoms. The lowest BCUT2D eigenvalue weighted by Gasteiger charge is -2.10. The molecule has 2 heterocycles. The molecule has 0 amide bonds. The summed E-state index contributed by atoms with van der Waals surface area (Å²) in [4.78, 5) is 5.31. The van der Waals surface area contributed by atoms with Crippen molar-refractivity contribution >= 4 is 43.2 Å². The van der Waals surface area contributed by atoms with Gasteiger partial charge in [0, 0.05) is 31.8 Å². The molecule has 0 spiro atoms. The van der Waals surface area contributed by atoms with Gasteiger partial charge in [0.15, 0.2) is 0 Å². The molecule has 2 aromatic heterocycles. The van der Waals surface area contributed by atoms with Crippen LogP contribution >= 0.6 is 43.2 Å². The van der Waals surface area contributed by atoms with E-state index in [9.17, 15) is 5.11 Å². The van der Waals surface area contributed by atoms with Crippen LogP contribution in [0.1, 0.15) is 16.7 Å². The number of aliphatic hydroxyl groups excluding tert-OH is 1. The topological polar surface area (TPSA) is 33.1 Å². The number of aliphatic hydroxyl groups is 1.